The van der Waals surface area contributed by atoms with E-state index in [9.17, 15) is 14.0 Å². The number of allylic oxidation sites excluding steroid dienone is 1. The molecule has 36 heavy (non-hydrogen) atoms. The predicted molar refractivity (Wildman–Crippen MR) is 139 cm³/mol. The van der Waals surface area contributed by atoms with Crippen LogP contribution in [0.15, 0.2) is 39.9 Å². The van der Waals surface area contributed by atoms with Crippen LogP contribution < -0.4 is 27.1 Å². The van der Waals surface area contributed by atoms with Gasteiger partial charge in [0.05, 0.1) is 18.9 Å². The van der Waals surface area contributed by atoms with Crippen molar-refractivity contribution in [2.24, 2.45) is 0 Å². The normalized spacial score (nSPS) is 18.4. The van der Waals surface area contributed by atoms with Crippen LogP contribution in [0.1, 0.15) is 61.8 Å². The molecule has 190 valence electrons. The number of nitrogens with zero attached hydrogens (tertiary/aromatic N) is 1. The third-order valence-electron chi connectivity index (χ3n) is 6.25. The van der Waals surface area contributed by atoms with E-state index in [2.05, 4.69) is 27.2 Å². The molecule has 0 amide bonds. The number of halogens is 1. The molecule has 3 heterocycles. The van der Waals surface area contributed by atoms with Crippen LogP contribution in [0.5, 0.6) is 0 Å². The molecular weight excluding hydrogens is 461 g/mol. The lowest BCUT2D eigenvalue weighted by atomic mass is 9.96. The van der Waals surface area contributed by atoms with E-state index in [1.165, 1.54) is 18.2 Å². The Hall–Kier alpha value is -3.56. The predicted octanol–water partition coefficient (Wildman–Crippen LogP) is 1.85. The molecule has 1 aliphatic rings. The number of ether oxygens (including phenoxy) is 1. The van der Waals surface area contributed by atoms with Crippen molar-refractivity contribution >= 4 is 18.2 Å². The largest absolute Gasteiger partial charge is 0.378 e. The zero-order valence-corrected chi connectivity index (χ0v) is 20.7. The molecule has 2 aromatic heterocycles. The van der Waals surface area contributed by atoms with Gasteiger partial charge in [0.25, 0.3) is 11.1 Å². The quantitative estimate of drug-likeness (QED) is 0.401. The highest BCUT2D eigenvalue weighted by molar-refractivity contribution is 5.57. The fourth-order valence-electron chi connectivity index (χ4n) is 4.37. The molecule has 2 unspecified atom stereocenters. The van der Waals surface area contributed by atoms with Crippen LogP contribution in [0.3, 0.4) is 0 Å². The van der Waals surface area contributed by atoms with Gasteiger partial charge in [-0.25, -0.2) is 9.37 Å². The van der Waals surface area contributed by atoms with Crippen molar-refractivity contribution in [2.75, 3.05) is 19.8 Å². The third-order valence-corrected chi connectivity index (χ3v) is 6.25. The summed E-state index contributed by atoms with van der Waals surface area (Å²) >= 11 is 0. The molecule has 0 spiro atoms. The van der Waals surface area contributed by atoms with Gasteiger partial charge in [0.15, 0.2) is 0 Å². The van der Waals surface area contributed by atoms with E-state index in [1.807, 2.05) is 13.8 Å². The summed E-state index contributed by atoms with van der Waals surface area (Å²) < 4.78 is 19.0. The van der Waals surface area contributed by atoms with E-state index < -0.39 is 11.1 Å². The van der Waals surface area contributed by atoms with Gasteiger partial charge in [0, 0.05) is 24.2 Å². The Morgan fingerprint density at radius 1 is 1.17 bits per heavy atom. The smallest absolute Gasteiger partial charge is 0.272 e. The molecule has 4 N–H and O–H groups in total. The fourth-order valence-corrected chi connectivity index (χ4v) is 4.37. The van der Waals surface area contributed by atoms with Gasteiger partial charge in [-0.15, -0.1) is 0 Å². The van der Waals surface area contributed by atoms with Crippen LogP contribution in [-0.2, 0) is 4.74 Å². The maximum Gasteiger partial charge on any atom is 0.272 e. The molecular formula is C27H32FN5O3. The standard InChI is InChI=1S/C27H32FN5O3/c1-4-19(23-15-36-12-11-29-23)25-30-21(24(33-25)16(2)3)14-22-27(35)31-20(26(34)32-22)10-6-8-17-7-5-9-18(28)13-17/h5-10,13-14,16,19,23,29H,4,11-12,15H2,1-3H3,(H,30,33)(H,31,35)(H,32,34). The average Bonchev–Trinajstić information content (AvgIpc) is 3.27. The molecule has 1 fully saturated rings. The van der Waals surface area contributed by atoms with Gasteiger partial charge in [0.2, 0.25) is 0 Å². The summed E-state index contributed by atoms with van der Waals surface area (Å²) in [5.74, 6) is 0.752. The number of morpholine rings is 1. The molecule has 0 aliphatic carbocycles. The Morgan fingerprint density at radius 2 is 1.94 bits per heavy atom. The monoisotopic (exact) mass is 493 g/mol. The zero-order valence-electron chi connectivity index (χ0n) is 20.7. The van der Waals surface area contributed by atoms with Gasteiger partial charge in [0.1, 0.15) is 22.3 Å². The number of benzene rings is 1. The molecule has 2 atom stereocenters. The van der Waals surface area contributed by atoms with Crippen LogP contribution in [-0.4, -0.2) is 45.7 Å². The first-order valence-electron chi connectivity index (χ1n) is 12.2. The summed E-state index contributed by atoms with van der Waals surface area (Å²) in [5.41, 5.74) is 1.29. The highest BCUT2D eigenvalue weighted by atomic mass is 19.1. The summed E-state index contributed by atoms with van der Waals surface area (Å²) in [6.07, 6.45) is 7.20. The first-order valence-corrected chi connectivity index (χ1v) is 12.2. The third kappa shape index (κ3) is 5.98. The number of rotatable bonds is 7. The zero-order chi connectivity index (χ0) is 25.7. The Bertz CT molecular complexity index is 1460. The Morgan fingerprint density at radius 3 is 2.64 bits per heavy atom. The highest BCUT2D eigenvalue weighted by Crippen LogP contribution is 2.26. The first-order chi connectivity index (χ1) is 17.4. The molecule has 8 nitrogen and oxygen atoms in total. The second-order valence-corrected chi connectivity index (χ2v) is 9.19. The van der Waals surface area contributed by atoms with Crippen molar-refractivity contribution in [2.45, 2.75) is 45.1 Å². The summed E-state index contributed by atoms with van der Waals surface area (Å²) in [6, 6.07) is 6.22. The summed E-state index contributed by atoms with van der Waals surface area (Å²) in [6.45, 7) is 8.33. The fraction of sp³-hybridized carbons (Fsp3) is 0.370. The molecule has 4 rings (SSSR count). The lowest BCUT2D eigenvalue weighted by molar-refractivity contribution is 0.0664. The van der Waals surface area contributed by atoms with E-state index >= 15 is 0 Å². The number of nitrogens with one attached hydrogen (secondary N) is 4. The van der Waals surface area contributed by atoms with E-state index in [-0.39, 0.29) is 34.4 Å². The number of aromatic nitrogens is 4. The summed E-state index contributed by atoms with van der Waals surface area (Å²) in [7, 11) is 0. The Balaban J connectivity index is 1.68. The van der Waals surface area contributed by atoms with Gasteiger partial charge >= 0.3 is 0 Å². The molecule has 0 bridgehead atoms. The van der Waals surface area contributed by atoms with E-state index in [1.54, 1.807) is 30.4 Å². The topological polar surface area (TPSA) is 116 Å². The minimum Gasteiger partial charge on any atom is -0.378 e. The van der Waals surface area contributed by atoms with Crippen molar-refractivity contribution in [1.29, 1.82) is 0 Å². The highest BCUT2D eigenvalue weighted by Gasteiger charge is 2.27. The van der Waals surface area contributed by atoms with Gasteiger partial charge in [-0.3, -0.25) is 9.59 Å². The minimum absolute atomic E-state index is 0.103. The number of hydrogen-bond donors (Lipinski definition) is 4. The van der Waals surface area contributed by atoms with E-state index in [0.717, 1.165) is 24.5 Å². The van der Waals surface area contributed by atoms with Gasteiger partial charge in [-0.05, 0) is 42.2 Å². The van der Waals surface area contributed by atoms with Gasteiger partial charge < -0.3 is 25.0 Å². The average molecular weight is 494 g/mol. The second-order valence-electron chi connectivity index (χ2n) is 9.19. The number of imidazole rings is 1. The first kappa shape index (κ1) is 25.5. The second kappa shape index (κ2) is 11.5. The van der Waals surface area contributed by atoms with Gasteiger partial charge in [-0.1, -0.05) is 45.1 Å². The summed E-state index contributed by atoms with van der Waals surface area (Å²) in [5, 5.41) is 3.73. The summed E-state index contributed by atoms with van der Waals surface area (Å²) in [4.78, 5) is 39.0. The number of H-pyrrole nitrogens is 3. The van der Waals surface area contributed by atoms with Crippen LogP contribution >= 0.6 is 0 Å². The van der Waals surface area contributed by atoms with Crippen LogP contribution in [0.2, 0.25) is 0 Å². The van der Waals surface area contributed by atoms with E-state index in [4.69, 9.17) is 9.72 Å². The Kier molecular flexibility index (Phi) is 8.12. The minimum atomic E-state index is -0.443. The van der Waals surface area contributed by atoms with Crippen molar-refractivity contribution in [3.8, 4) is 0 Å². The molecule has 1 saturated heterocycles. The lowest BCUT2D eigenvalue weighted by Gasteiger charge is -2.29. The van der Waals surface area contributed by atoms with Crippen molar-refractivity contribution < 1.29 is 9.13 Å². The molecule has 1 aromatic carbocycles. The maximum atomic E-state index is 13.3. The van der Waals surface area contributed by atoms with Crippen molar-refractivity contribution in [1.82, 2.24) is 25.3 Å². The lowest BCUT2D eigenvalue weighted by Crippen LogP contribution is -2.46. The van der Waals surface area contributed by atoms with Crippen LogP contribution in [0, 0.1) is 5.82 Å². The Labute approximate surface area is 208 Å². The van der Waals surface area contributed by atoms with Gasteiger partial charge in [-0.2, -0.15) is 0 Å². The molecule has 3 aromatic rings. The number of aromatic amines is 3. The maximum absolute atomic E-state index is 13.3. The molecule has 9 heteroatoms. The molecule has 1 aliphatic heterocycles. The van der Waals surface area contributed by atoms with Crippen LogP contribution in [0.4, 0.5) is 4.39 Å². The van der Waals surface area contributed by atoms with E-state index in [0.29, 0.717) is 24.5 Å². The van der Waals surface area contributed by atoms with Crippen molar-refractivity contribution in [3.63, 3.8) is 0 Å². The molecule has 0 radical (unpaired) electrons. The number of hydrogen-bond acceptors (Lipinski definition) is 5. The SMILES string of the molecule is CCC(c1nc(C=c2[nH]c(=O)c(=CC=Cc3cccc(F)c3)[nH]c2=O)c(C(C)C)[nH]1)C1COCCN1. The van der Waals surface area contributed by atoms with Crippen LogP contribution in [0.25, 0.3) is 18.2 Å². The molecule has 0 saturated carbocycles. The van der Waals surface area contributed by atoms with Crippen molar-refractivity contribution in [3.05, 3.63) is 90.3 Å².